The molecule has 0 unspecified atom stereocenters. The Labute approximate surface area is 108 Å². The van der Waals surface area contributed by atoms with Crippen molar-refractivity contribution in [1.82, 2.24) is 4.98 Å². The van der Waals surface area contributed by atoms with Crippen LogP contribution in [0.2, 0.25) is 0 Å². The van der Waals surface area contributed by atoms with Crippen LogP contribution in [-0.4, -0.2) is 22.6 Å². The molecule has 0 radical (unpaired) electrons. The van der Waals surface area contributed by atoms with Gasteiger partial charge in [-0.2, -0.15) is 0 Å². The molecule has 0 aliphatic carbocycles. The quantitative estimate of drug-likeness (QED) is 0.806. The number of nitrogens with one attached hydrogen (secondary N) is 1. The highest BCUT2D eigenvalue weighted by Gasteiger charge is 2.07. The smallest absolute Gasteiger partial charge is 0.267 e. The van der Waals surface area contributed by atoms with Crippen LogP contribution in [0.1, 0.15) is 15.2 Å². The summed E-state index contributed by atoms with van der Waals surface area (Å²) in [6.07, 6.45) is 1.52. The van der Waals surface area contributed by atoms with E-state index >= 15 is 0 Å². The molecular weight excluding hydrogens is 248 g/mol. The fourth-order valence-corrected chi connectivity index (χ4v) is 1.85. The van der Waals surface area contributed by atoms with Crippen molar-refractivity contribution in [3.8, 4) is 11.8 Å². The Morgan fingerprint density at radius 1 is 1.50 bits per heavy atom. The molecule has 1 aromatic carbocycles. The van der Waals surface area contributed by atoms with E-state index in [9.17, 15) is 4.79 Å². The third kappa shape index (κ3) is 3.17. The molecule has 18 heavy (non-hydrogen) atoms. The summed E-state index contributed by atoms with van der Waals surface area (Å²) >= 11 is 1.28. The number of rotatable bonds is 2. The summed E-state index contributed by atoms with van der Waals surface area (Å²) in [7, 11) is 0. The summed E-state index contributed by atoms with van der Waals surface area (Å²) in [5, 5.41) is 11.4. The molecule has 1 amide bonds. The van der Waals surface area contributed by atoms with Crippen LogP contribution >= 0.6 is 11.3 Å². The van der Waals surface area contributed by atoms with Crippen LogP contribution < -0.4 is 5.32 Å². The Balaban J connectivity index is 2.12. The molecule has 1 heterocycles. The van der Waals surface area contributed by atoms with Gasteiger partial charge in [-0.25, -0.2) is 0 Å². The number of amides is 1. The van der Waals surface area contributed by atoms with E-state index in [0.29, 0.717) is 10.6 Å². The highest BCUT2D eigenvalue weighted by Crippen LogP contribution is 2.13. The molecule has 2 aromatic rings. The van der Waals surface area contributed by atoms with E-state index in [4.69, 9.17) is 5.11 Å². The molecule has 0 saturated carbocycles. The van der Waals surface area contributed by atoms with Gasteiger partial charge in [0.25, 0.3) is 5.91 Å². The molecule has 0 fully saturated rings. The van der Waals surface area contributed by atoms with Crippen molar-refractivity contribution in [2.24, 2.45) is 0 Å². The first-order chi connectivity index (χ1) is 8.79. The lowest BCUT2D eigenvalue weighted by Gasteiger charge is -2.03. The number of carbonyl (C=O) groups is 1. The number of benzene rings is 1. The highest BCUT2D eigenvalue weighted by molar-refractivity contribution is 7.11. The van der Waals surface area contributed by atoms with Gasteiger partial charge in [-0.15, -0.1) is 11.3 Å². The van der Waals surface area contributed by atoms with Crippen molar-refractivity contribution in [3.63, 3.8) is 0 Å². The molecule has 0 saturated heterocycles. The molecule has 4 nitrogen and oxygen atoms in total. The molecule has 2 N–H and O–H groups in total. The van der Waals surface area contributed by atoms with Crippen molar-refractivity contribution < 1.29 is 9.90 Å². The third-order valence-electron chi connectivity index (χ3n) is 2.09. The summed E-state index contributed by atoms with van der Waals surface area (Å²) in [5.41, 5.74) is 3.02. The van der Waals surface area contributed by atoms with Crippen molar-refractivity contribution in [3.05, 3.63) is 46.4 Å². The monoisotopic (exact) mass is 258 g/mol. The molecule has 0 aliphatic heterocycles. The molecule has 0 bridgehead atoms. The van der Waals surface area contributed by atoms with E-state index in [-0.39, 0.29) is 12.5 Å². The van der Waals surface area contributed by atoms with Gasteiger partial charge >= 0.3 is 0 Å². The topological polar surface area (TPSA) is 62.2 Å². The van der Waals surface area contributed by atoms with E-state index in [1.807, 2.05) is 6.07 Å². The number of nitrogens with zero attached hydrogens (tertiary/aromatic N) is 1. The lowest BCUT2D eigenvalue weighted by atomic mass is 10.2. The van der Waals surface area contributed by atoms with Gasteiger partial charge < -0.3 is 10.4 Å². The number of aliphatic hydroxyl groups is 1. The van der Waals surface area contributed by atoms with Crippen molar-refractivity contribution in [2.75, 3.05) is 11.9 Å². The second-order valence-electron chi connectivity index (χ2n) is 3.36. The van der Waals surface area contributed by atoms with Gasteiger partial charge in [-0.3, -0.25) is 9.78 Å². The molecule has 2 rings (SSSR count). The minimum Gasteiger partial charge on any atom is -0.384 e. The van der Waals surface area contributed by atoms with Crippen LogP contribution in [0, 0.1) is 11.8 Å². The lowest BCUT2D eigenvalue weighted by molar-refractivity contribution is 0.103. The largest absolute Gasteiger partial charge is 0.384 e. The lowest BCUT2D eigenvalue weighted by Crippen LogP contribution is -2.10. The molecule has 0 aliphatic rings. The maximum Gasteiger partial charge on any atom is 0.267 e. The first kappa shape index (κ1) is 12.3. The van der Waals surface area contributed by atoms with Crippen LogP contribution in [0.4, 0.5) is 5.69 Å². The number of anilines is 1. The Hall–Kier alpha value is -2.16. The van der Waals surface area contributed by atoms with Gasteiger partial charge in [-0.1, -0.05) is 17.9 Å². The van der Waals surface area contributed by atoms with Crippen molar-refractivity contribution in [2.45, 2.75) is 0 Å². The number of aromatic nitrogens is 1. The molecule has 0 atom stereocenters. The van der Waals surface area contributed by atoms with Gasteiger partial charge in [0.05, 0.1) is 11.7 Å². The summed E-state index contributed by atoms with van der Waals surface area (Å²) in [4.78, 5) is 16.2. The molecule has 90 valence electrons. The van der Waals surface area contributed by atoms with Crippen LogP contribution in [0.5, 0.6) is 0 Å². The van der Waals surface area contributed by atoms with E-state index in [0.717, 1.165) is 5.56 Å². The van der Waals surface area contributed by atoms with Crippen LogP contribution in [0.15, 0.2) is 36.0 Å². The summed E-state index contributed by atoms with van der Waals surface area (Å²) in [6, 6.07) is 7.14. The average Bonchev–Trinajstić information content (AvgIpc) is 2.91. The predicted octanol–water partition coefficient (Wildman–Crippen LogP) is 1.74. The maximum absolute atomic E-state index is 11.8. The standard InChI is InChI=1S/C13H10N2O2S/c16-6-2-4-10-3-1-5-11(7-10)15-13(17)12-8-14-9-18-12/h1,3,5,7-9,16H,6H2,(H,15,17). The van der Waals surface area contributed by atoms with Gasteiger partial charge in [-0.05, 0) is 18.2 Å². The van der Waals surface area contributed by atoms with Gasteiger partial charge in [0.1, 0.15) is 11.5 Å². The summed E-state index contributed by atoms with van der Waals surface area (Å²) < 4.78 is 0. The minimum absolute atomic E-state index is 0.183. The second kappa shape index (κ2) is 5.96. The highest BCUT2D eigenvalue weighted by atomic mass is 32.1. The summed E-state index contributed by atoms with van der Waals surface area (Å²) in [5.74, 6) is 5.15. The number of carbonyl (C=O) groups excluding carboxylic acids is 1. The normalized spacial score (nSPS) is 9.39. The fourth-order valence-electron chi connectivity index (χ4n) is 1.34. The fraction of sp³-hybridized carbons (Fsp3) is 0.0769. The zero-order valence-corrected chi connectivity index (χ0v) is 10.2. The van der Waals surface area contributed by atoms with Gasteiger partial charge in [0.2, 0.25) is 0 Å². The predicted molar refractivity (Wildman–Crippen MR) is 70.5 cm³/mol. The van der Waals surface area contributed by atoms with Crippen LogP contribution in [0.3, 0.4) is 0 Å². The molecular formula is C13H10N2O2S. The Morgan fingerprint density at radius 3 is 3.11 bits per heavy atom. The molecule has 0 spiro atoms. The zero-order chi connectivity index (χ0) is 12.8. The summed E-state index contributed by atoms with van der Waals surface area (Å²) in [6.45, 7) is -0.183. The van der Waals surface area contributed by atoms with Crippen molar-refractivity contribution in [1.29, 1.82) is 0 Å². The Morgan fingerprint density at radius 2 is 2.39 bits per heavy atom. The Bertz CT molecular complexity index is 597. The number of thiazole rings is 1. The van der Waals surface area contributed by atoms with Gasteiger partial charge in [0, 0.05) is 11.3 Å². The number of hydrogen-bond donors (Lipinski definition) is 2. The Kier molecular flexibility index (Phi) is 4.07. The van der Waals surface area contributed by atoms with Crippen LogP contribution in [0.25, 0.3) is 0 Å². The SMILES string of the molecule is O=C(Nc1cccc(C#CCO)c1)c1cncs1. The molecule has 1 aromatic heterocycles. The zero-order valence-electron chi connectivity index (χ0n) is 9.38. The third-order valence-corrected chi connectivity index (χ3v) is 2.86. The van der Waals surface area contributed by atoms with Crippen LogP contribution in [-0.2, 0) is 0 Å². The second-order valence-corrected chi connectivity index (χ2v) is 4.25. The number of aliphatic hydroxyl groups excluding tert-OH is 1. The number of hydrogen-bond acceptors (Lipinski definition) is 4. The van der Waals surface area contributed by atoms with E-state index in [2.05, 4.69) is 22.1 Å². The van der Waals surface area contributed by atoms with E-state index < -0.39 is 0 Å². The first-order valence-electron chi connectivity index (χ1n) is 5.19. The van der Waals surface area contributed by atoms with Gasteiger partial charge in [0.15, 0.2) is 0 Å². The maximum atomic E-state index is 11.8. The first-order valence-corrected chi connectivity index (χ1v) is 6.07. The van der Waals surface area contributed by atoms with E-state index in [1.54, 1.807) is 23.7 Å². The molecule has 5 heteroatoms. The van der Waals surface area contributed by atoms with E-state index in [1.165, 1.54) is 17.5 Å². The minimum atomic E-state index is -0.190. The average molecular weight is 258 g/mol. The van der Waals surface area contributed by atoms with Crippen molar-refractivity contribution >= 4 is 22.9 Å².